The summed E-state index contributed by atoms with van der Waals surface area (Å²) in [5.41, 5.74) is 4.42. The summed E-state index contributed by atoms with van der Waals surface area (Å²) in [6, 6.07) is 15.3. The molecule has 2 aromatic rings. The molecule has 0 aromatic heterocycles. The second-order valence-corrected chi connectivity index (χ2v) is 5.84. The van der Waals surface area contributed by atoms with Gasteiger partial charge in [0.1, 0.15) is 5.84 Å². The number of carbonyl (C=O) groups excluding carboxylic acids is 1. The quantitative estimate of drug-likeness (QED) is 0.239. The SMILES string of the molecule is C=C/C=C(\N=C(C)Nc1ccc(C(C)=O)cc1)c1ccc(CCl)cc1. The van der Waals surface area contributed by atoms with Crippen molar-refractivity contribution in [2.24, 2.45) is 4.99 Å². The second-order valence-electron chi connectivity index (χ2n) is 5.57. The first-order chi connectivity index (χ1) is 12.0. The van der Waals surface area contributed by atoms with Crippen LogP contribution in [-0.4, -0.2) is 11.6 Å². The molecule has 0 heterocycles. The number of benzene rings is 2. The number of carbonyl (C=O) groups is 1. The Labute approximate surface area is 153 Å². The molecule has 0 fully saturated rings. The van der Waals surface area contributed by atoms with Gasteiger partial charge in [-0.2, -0.15) is 0 Å². The maximum atomic E-state index is 11.3. The zero-order valence-corrected chi connectivity index (χ0v) is 15.2. The van der Waals surface area contributed by atoms with Crippen LogP contribution in [-0.2, 0) is 5.88 Å². The minimum Gasteiger partial charge on any atom is -0.344 e. The third kappa shape index (κ3) is 5.44. The van der Waals surface area contributed by atoms with E-state index in [1.165, 1.54) is 0 Å². The van der Waals surface area contributed by atoms with E-state index in [9.17, 15) is 4.79 Å². The molecule has 0 bridgehead atoms. The average Bonchev–Trinajstić information content (AvgIpc) is 2.62. The fraction of sp³-hybridized carbons (Fsp3) is 0.143. The lowest BCUT2D eigenvalue weighted by Crippen LogP contribution is -2.07. The minimum absolute atomic E-state index is 0.0496. The number of rotatable bonds is 6. The van der Waals surface area contributed by atoms with E-state index in [4.69, 9.17) is 11.6 Å². The van der Waals surface area contributed by atoms with Crippen LogP contribution >= 0.6 is 11.6 Å². The molecule has 0 radical (unpaired) electrons. The second kappa shape index (κ2) is 9.00. The van der Waals surface area contributed by atoms with Gasteiger partial charge in [0, 0.05) is 22.7 Å². The first kappa shape index (κ1) is 18.7. The summed E-state index contributed by atoms with van der Waals surface area (Å²) in [7, 11) is 0. The van der Waals surface area contributed by atoms with Gasteiger partial charge in [0.15, 0.2) is 5.78 Å². The molecule has 2 rings (SSSR count). The number of amidine groups is 1. The lowest BCUT2D eigenvalue weighted by molar-refractivity contribution is 0.101. The van der Waals surface area contributed by atoms with Crippen LogP contribution in [0.3, 0.4) is 0 Å². The summed E-state index contributed by atoms with van der Waals surface area (Å²) in [6.07, 6.45) is 3.57. The van der Waals surface area contributed by atoms with E-state index in [1.54, 1.807) is 25.1 Å². The number of allylic oxidation sites excluding steroid dienone is 2. The van der Waals surface area contributed by atoms with Gasteiger partial charge < -0.3 is 5.32 Å². The molecule has 0 saturated heterocycles. The van der Waals surface area contributed by atoms with Gasteiger partial charge in [0.25, 0.3) is 0 Å². The fourth-order valence-corrected chi connectivity index (χ4v) is 2.46. The molecular formula is C21H21ClN2O. The van der Waals surface area contributed by atoms with E-state index >= 15 is 0 Å². The number of anilines is 1. The van der Waals surface area contributed by atoms with E-state index in [0.717, 1.165) is 28.3 Å². The molecule has 0 aliphatic carbocycles. The molecule has 0 aliphatic heterocycles. The largest absolute Gasteiger partial charge is 0.344 e. The van der Waals surface area contributed by atoms with Crippen LogP contribution in [0.2, 0.25) is 0 Å². The third-order valence-corrected chi connectivity index (χ3v) is 3.89. The van der Waals surface area contributed by atoms with Gasteiger partial charge >= 0.3 is 0 Å². The van der Waals surface area contributed by atoms with Crippen molar-refractivity contribution in [3.63, 3.8) is 0 Å². The van der Waals surface area contributed by atoms with Crippen LogP contribution in [0.5, 0.6) is 0 Å². The zero-order chi connectivity index (χ0) is 18.2. The Morgan fingerprint density at radius 1 is 1.08 bits per heavy atom. The smallest absolute Gasteiger partial charge is 0.159 e. The van der Waals surface area contributed by atoms with Crippen molar-refractivity contribution in [1.82, 2.24) is 0 Å². The Morgan fingerprint density at radius 2 is 1.68 bits per heavy atom. The summed E-state index contributed by atoms with van der Waals surface area (Å²) < 4.78 is 0. The van der Waals surface area contributed by atoms with Crippen LogP contribution in [0.15, 0.2) is 72.3 Å². The highest BCUT2D eigenvalue weighted by Crippen LogP contribution is 2.19. The Hall–Kier alpha value is -2.65. The van der Waals surface area contributed by atoms with Crippen LogP contribution in [0, 0.1) is 0 Å². The van der Waals surface area contributed by atoms with Crippen molar-refractivity contribution in [3.05, 3.63) is 84.0 Å². The van der Waals surface area contributed by atoms with Crippen LogP contribution in [0.4, 0.5) is 5.69 Å². The van der Waals surface area contributed by atoms with Crippen molar-refractivity contribution < 1.29 is 4.79 Å². The lowest BCUT2D eigenvalue weighted by atomic mass is 10.1. The van der Waals surface area contributed by atoms with Gasteiger partial charge in [-0.3, -0.25) is 4.79 Å². The fourth-order valence-electron chi connectivity index (χ4n) is 2.28. The molecule has 2 aromatic carbocycles. The summed E-state index contributed by atoms with van der Waals surface area (Å²) in [4.78, 5) is 16.0. The van der Waals surface area contributed by atoms with Crippen LogP contribution < -0.4 is 5.32 Å². The van der Waals surface area contributed by atoms with E-state index in [-0.39, 0.29) is 5.78 Å². The number of ketones is 1. The molecule has 0 aliphatic rings. The number of nitrogens with zero attached hydrogens (tertiary/aromatic N) is 1. The number of nitrogens with one attached hydrogen (secondary N) is 1. The molecule has 0 amide bonds. The van der Waals surface area contributed by atoms with Crippen molar-refractivity contribution in [2.45, 2.75) is 19.7 Å². The van der Waals surface area contributed by atoms with E-state index < -0.39 is 0 Å². The molecular weight excluding hydrogens is 332 g/mol. The molecule has 25 heavy (non-hydrogen) atoms. The number of hydrogen-bond acceptors (Lipinski definition) is 2. The number of Topliss-reactive ketones (excluding diaryl/α,β-unsaturated/α-hetero) is 1. The Bertz CT molecular complexity index is 803. The van der Waals surface area contributed by atoms with Gasteiger partial charge in [-0.1, -0.05) is 36.9 Å². The van der Waals surface area contributed by atoms with Crippen molar-refractivity contribution in [2.75, 3.05) is 5.32 Å². The maximum Gasteiger partial charge on any atom is 0.159 e. The highest BCUT2D eigenvalue weighted by Gasteiger charge is 2.03. The standard InChI is InChI=1S/C21H21ClN2O/c1-4-5-21(19-8-6-17(14-22)7-9-19)24-16(3)23-20-12-10-18(11-13-20)15(2)25/h4-13H,1,14H2,2-3H3,(H,23,24)/b21-5-. The van der Waals surface area contributed by atoms with Gasteiger partial charge in [0.2, 0.25) is 0 Å². The number of aliphatic imine (C=N–C) groups is 1. The van der Waals surface area contributed by atoms with E-state index in [1.807, 2.05) is 49.4 Å². The molecule has 128 valence electrons. The average molecular weight is 353 g/mol. The van der Waals surface area contributed by atoms with E-state index in [2.05, 4.69) is 16.9 Å². The van der Waals surface area contributed by atoms with Gasteiger partial charge in [-0.25, -0.2) is 4.99 Å². The number of hydrogen-bond donors (Lipinski definition) is 1. The molecule has 0 unspecified atom stereocenters. The van der Waals surface area contributed by atoms with Gasteiger partial charge in [-0.15, -0.1) is 11.6 Å². The Balaban J connectivity index is 2.19. The number of halogens is 1. The molecule has 4 heteroatoms. The Morgan fingerprint density at radius 3 is 2.20 bits per heavy atom. The topological polar surface area (TPSA) is 41.5 Å². The predicted molar refractivity (Wildman–Crippen MR) is 107 cm³/mol. The molecule has 0 spiro atoms. The first-order valence-electron chi connectivity index (χ1n) is 7.95. The third-order valence-electron chi connectivity index (χ3n) is 3.58. The summed E-state index contributed by atoms with van der Waals surface area (Å²) in [6.45, 7) is 7.20. The normalized spacial score (nSPS) is 12.0. The highest BCUT2D eigenvalue weighted by atomic mass is 35.5. The zero-order valence-electron chi connectivity index (χ0n) is 14.4. The molecule has 0 atom stereocenters. The van der Waals surface area contributed by atoms with Gasteiger partial charge in [0.05, 0.1) is 5.70 Å². The van der Waals surface area contributed by atoms with Crippen LogP contribution in [0.1, 0.15) is 35.3 Å². The summed E-state index contributed by atoms with van der Waals surface area (Å²) in [5, 5.41) is 3.23. The first-order valence-corrected chi connectivity index (χ1v) is 8.48. The Kier molecular flexibility index (Phi) is 6.72. The maximum absolute atomic E-state index is 11.3. The molecule has 3 nitrogen and oxygen atoms in total. The predicted octanol–water partition coefficient (Wildman–Crippen LogP) is 5.69. The van der Waals surface area contributed by atoms with Crippen molar-refractivity contribution in [1.29, 1.82) is 0 Å². The van der Waals surface area contributed by atoms with Crippen LogP contribution in [0.25, 0.3) is 5.70 Å². The summed E-state index contributed by atoms with van der Waals surface area (Å²) in [5.74, 6) is 1.28. The lowest BCUT2D eigenvalue weighted by Gasteiger charge is -2.09. The van der Waals surface area contributed by atoms with Gasteiger partial charge in [-0.05, 0) is 49.8 Å². The van der Waals surface area contributed by atoms with Crippen molar-refractivity contribution >= 4 is 34.6 Å². The van der Waals surface area contributed by atoms with E-state index in [0.29, 0.717) is 11.4 Å². The highest BCUT2D eigenvalue weighted by molar-refractivity contribution is 6.17. The summed E-state index contributed by atoms with van der Waals surface area (Å²) >= 11 is 5.84. The monoisotopic (exact) mass is 352 g/mol. The van der Waals surface area contributed by atoms with Crippen molar-refractivity contribution in [3.8, 4) is 0 Å². The minimum atomic E-state index is 0.0496. The molecule has 1 N–H and O–H groups in total. The number of alkyl halides is 1. The molecule has 0 saturated carbocycles.